The molecule has 0 aromatic rings. The monoisotopic (exact) mass is 272 g/mol. The first-order valence-corrected chi connectivity index (χ1v) is 9.80. The maximum absolute atomic E-state index is 1.60. The summed E-state index contributed by atoms with van der Waals surface area (Å²) in [6, 6.07) is 0. The van der Waals surface area contributed by atoms with E-state index in [4.69, 9.17) is 0 Å². The lowest BCUT2D eigenvalue weighted by Gasteiger charge is -2.49. The summed E-state index contributed by atoms with van der Waals surface area (Å²) in [7, 11) is 0. The van der Waals surface area contributed by atoms with Crippen LogP contribution < -0.4 is 0 Å². The van der Waals surface area contributed by atoms with Crippen LogP contribution in [0.1, 0.15) is 77.0 Å². The Morgan fingerprint density at radius 3 is 0.400 bits per heavy atom. The summed E-state index contributed by atoms with van der Waals surface area (Å²) in [5, 5.41) is 0. The molecule has 0 amide bonds. The Labute approximate surface area is 125 Å². The number of hydrogen-bond acceptors (Lipinski definition) is 0. The highest BCUT2D eigenvalue weighted by molar-refractivity contribution is 4.93. The van der Waals surface area contributed by atoms with Crippen LogP contribution in [0.15, 0.2) is 0 Å². The zero-order valence-electron chi connectivity index (χ0n) is 13.1. The molecule has 0 radical (unpaired) electrons. The smallest absolute Gasteiger partial charge is 0.0406 e. The van der Waals surface area contributed by atoms with Crippen molar-refractivity contribution in [2.24, 2.45) is 47.3 Å². The lowest BCUT2D eigenvalue weighted by molar-refractivity contribution is 0.0197. The molecule has 0 atom stereocenters. The minimum Gasteiger partial charge on any atom is -0.0475 e. The third-order valence-electron chi connectivity index (χ3n) is 8.00. The highest BCUT2D eigenvalue weighted by Crippen LogP contribution is 2.54. The third kappa shape index (κ3) is 2.26. The van der Waals surface area contributed by atoms with Gasteiger partial charge in [-0.15, -0.1) is 0 Å². The van der Waals surface area contributed by atoms with Crippen LogP contribution in [0.4, 0.5) is 0 Å². The van der Waals surface area contributed by atoms with Gasteiger partial charge in [-0.2, -0.15) is 0 Å². The van der Waals surface area contributed by atoms with Gasteiger partial charge in [0.1, 0.15) is 0 Å². The van der Waals surface area contributed by atoms with Gasteiger partial charge in [-0.1, -0.05) is 0 Å². The molecule has 8 aliphatic carbocycles. The average molecular weight is 272 g/mol. The van der Waals surface area contributed by atoms with Crippen LogP contribution in [0.5, 0.6) is 0 Å². The number of hydrogen-bond donors (Lipinski definition) is 0. The van der Waals surface area contributed by atoms with Crippen LogP contribution in [-0.4, -0.2) is 0 Å². The lowest BCUT2D eigenvalue weighted by atomic mass is 9.56. The molecule has 8 fully saturated rings. The summed E-state index contributed by atoms with van der Waals surface area (Å²) in [5.74, 6) is 9.42. The highest BCUT2D eigenvalue weighted by Gasteiger charge is 2.42. The van der Waals surface area contributed by atoms with E-state index in [1.807, 2.05) is 0 Å². The van der Waals surface area contributed by atoms with Gasteiger partial charge in [0, 0.05) is 0 Å². The molecule has 0 unspecified atom stereocenters. The van der Waals surface area contributed by atoms with Crippen molar-refractivity contribution in [1.82, 2.24) is 0 Å². The molecular formula is C20H32. The van der Waals surface area contributed by atoms with Crippen LogP contribution in [0.2, 0.25) is 0 Å². The number of rotatable bonds is 0. The van der Waals surface area contributed by atoms with Crippen LogP contribution >= 0.6 is 0 Å². The molecule has 0 aliphatic heterocycles. The first-order chi connectivity index (χ1) is 9.80. The molecule has 8 aliphatic rings. The average Bonchev–Trinajstić information content (AvgIpc) is 2.35. The topological polar surface area (TPSA) is 0 Å². The Bertz CT molecular complexity index is 219. The van der Waals surface area contributed by atoms with E-state index in [1.165, 1.54) is 47.3 Å². The molecule has 8 rings (SSSR count). The van der Waals surface area contributed by atoms with Crippen LogP contribution in [-0.2, 0) is 0 Å². The van der Waals surface area contributed by atoms with Crippen molar-refractivity contribution in [2.45, 2.75) is 77.0 Å². The molecular weight excluding hydrogens is 240 g/mol. The normalized spacial score (nSPS) is 57.6. The zero-order valence-corrected chi connectivity index (χ0v) is 13.1. The van der Waals surface area contributed by atoms with Gasteiger partial charge in [-0.25, -0.2) is 0 Å². The zero-order chi connectivity index (χ0) is 13.1. The van der Waals surface area contributed by atoms with Gasteiger partial charge < -0.3 is 0 Å². The van der Waals surface area contributed by atoms with Gasteiger partial charge in [-0.05, 0) is 124 Å². The van der Waals surface area contributed by atoms with E-state index in [0.29, 0.717) is 0 Å². The Morgan fingerprint density at radius 2 is 0.300 bits per heavy atom. The Morgan fingerprint density at radius 1 is 0.200 bits per heavy atom. The molecule has 0 aromatic heterocycles. The van der Waals surface area contributed by atoms with Crippen molar-refractivity contribution >= 4 is 0 Å². The van der Waals surface area contributed by atoms with Crippen LogP contribution in [0.25, 0.3) is 0 Å². The highest BCUT2D eigenvalue weighted by atomic mass is 14.5. The molecule has 0 heterocycles. The van der Waals surface area contributed by atoms with E-state index in [0.717, 1.165) is 0 Å². The van der Waals surface area contributed by atoms with Crippen molar-refractivity contribution in [3.05, 3.63) is 0 Å². The molecule has 0 saturated heterocycles. The van der Waals surface area contributed by atoms with E-state index in [2.05, 4.69) is 0 Å². The summed E-state index contributed by atoms with van der Waals surface area (Å²) in [6.45, 7) is 0. The van der Waals surface area contributed by atoms with Crippen molar-refractivity contribution in [3.63, 3.8) is 0 Å². The van der Waals surface area contributed by atoms with Gasteiger partial charge in [0.2, 0.25) is 0 Å². The van der Waals surface area contributed by atoms with E-state index < -0.39 is 0 Å². The van der Waals surface area contributed by atoms with Crippen molar-refractivity contribution < 1.29 is 0 Å². The summed E-state index contributed by atoms with van der Waals surface area (Å²) < 4.78 is 0. The largest absolute Gasteiger partial charge is 0.0475 e. The molecule has 112 valence electrons. The van der Waals surface area contributed by atoms with E-state index >= 15 is 0 Å². The summed E-state index contributed by atoms with van der Waals surface area (Å²) in [5.41, 5.74) is 0. The summed E-state index contributed by atoms with van der Waals surface area (Å²) in [4.78, 5) is 0. The second-order valence-corrected chi connectivity index (χ2v) is 9.76. The SMILES string of the molecule is C1C2CC3CC1CC(C2)C3.C1C2CC3CC1CC(C2)C3. The molecule has 0 spiro atoms. The molecule has 0 nitrogen and oxygen atoms in total. The van der Waals surface area contributed by atoms with Crippen LogP contribution in [0.3, 0.4) is 0 Å². The second kappa shape index (κ2) is 4.75. The van der Waals surface area contributed by atoms with Gasteiger partial charge in [0.05, 0.1) is 0 Å². The van der Waals surface area contributed by atoms with E-state index in [9.17, 15) is 0 Å². The minimum absolute atomic E-state index is 1.18. The fraction of sp³-hybridized carbons (Fsp3) is 1.00. The quantitative estimate of drug-likeness (QED) is 0.533. The first-order valence-electron chi connectivity index (χ1n) is 9.80. The predicted molar refractivity (Wildman–Crippen MR) is 83.3 cm³/mol. The molecule has 0 aromatic carbocycles. The molecule has 0 N–H and O–H groups in total. The standard InChI is InChI=1S/2C10H16/c2*1-7-2-9-4-8(1)5-10(3-7)6-9/h2*7-10H,1-6H2. The third-order valence-corrected chi connectivity index (χ3v) is 8.00. The van der Waals surface area contributed by atoms with Crippen LogP contribution in [0, 0.1) is 47.3 Å². The second-order valence-electron chi connectivity index (χ2n) is 9.76. The summed E-state index contributed by atoms with van der Waals surface area (Å²) in [6.07, 6.45) is 19.2. The Hall–Kier alpha value is 0. The van der Waals surface area contributed by atoms with Crippen molar-refractivity contribution in [1.29, 1.82) is 0 Å². The summed E-state index contributed by atoms with van der Waals surface area (Å²) >= 11 is 0. The fourth-order valence-electron chi connectivity index (χ4n) is 7.97. The van der Waals surface area contributed by atoms with E-state index in [-0.39, 0.29) is 0 Å². The maximum atomic E-state index is 1.60. The molecule has 0 heteroatoms. The Balaban J connectivity index is 0.0000000960. The molecule has 8 saturated carbocycles. The van der Waals surface area contributed by atoms with E-state index in [1.54, 1.807) is 77.0 Å². The Kier molecular flexibility index (Phi) is 2.98. The van der Waals surface area contributed by atoms with Crippen molar-refractivity contribution in [2.75, 3.05) is 0 Å². The van der Waals surface area contributed by atoms with Gasteiger partial charge in [0.25, 0.3) is 0 Å². The first kappa shape index (κ1) is 12.5. The molecule has 20 heavy (non-hydrogen) atoms. The fourth-order valence-corrected chi connectivity index (χ4v) is 7.97. The predicted octanol–water partition coefficient (Wildman–Crippen LogP) is 5.67. The minimum atomic E-state index is 1.18. The van der Waals surface area contributed by atoms with Gasteiger partial charge in [-0.3, -0.25) is 0 Å². The lowest BCUT2D eigenvalue weighted by Crippen LogP contribution is -2.38. The maximum Gasteiger partial charge on any atom is -0.0406 e. The van der Waals surface area contributed by atoms with Gasteiger partial charge in [0.15, 0.2) is 0 Å². The molecule has 8 bridgehead atoms. The van der Waals surface area contributed by atoms with Gasteiger partial charge >= 0.3 is 0 Å². The van der Waals surface area contributed by atoms with Crippen molar-refractivity contribution in [3.8, 4) is 0 Å².